The SMILES string of the molecule is CC(C)(C)OC(=O)N1CCCCC2(CCC2)C1. The van der Waals surface area contributed by atoms with E-state index < -0.39 is 0 Å². The van der Waals surface area contributed by atoms with Crippen molar-refractivity contribution in [1.29, 1.82) is 0 Å². The van der Waals surface area contributed by atoms with E-state index in [9.17, 15) is 4.79 Å². The number of likely N-dealkylation sites (tertiary alicyclic amines) is 1. The normalized spacial score (nSPS) is 24.1. The molecule has 0 aromatic rings. The highest BCUT2D eigenvalue weighted by atomic mass is 16.6. The Morgan fingerprint density at radius 2 is 1.76 bits per heavy atom. The van der Waals surface area contributed by atoms with Crippen LogP contribution >= 0.6 is 0 Å². The van der Waals surface area contributed by atoms with Gasteiger partial charge in [-0.3, -0.25) is 0 Å². The van der Waals surface area contributed by atoms with Crippen LogP contribution in [0, 0.1) is 5.41 Å². The average Bonchev–Trinajstić information content (AvgIpc) is 2.35. The summed E-state index contributed by atoms with van der Waals surface area (Å²) < 4.78 is 5.48. The molecule has 0 aromatic carbocycles. The molecule has 1 aliphatic carbocycles. The highest BCUT2D eigenvalue weighted by Gasteiger charge is 2.41. The third-order valence-electron chi connectivity index (χ3n) is 3.98. The van der Waals surface area contributed by atoms with E-state index in [0.717, 1.165) is 19.5 Å². The highest BCUT2D eigenvalue weighted by molar-refractivity contribution is 5.68. The number of hydrogen-bond acceptors (Lipinski definition) is 2. The summed E-state index contributed by atoms with van der Waals surface area (Å²) in [6, 6.07) is 0. The van der Waals surface area contributed by atoms with E-state index in [-0.39, 0.29) is 11.7 Å². The first kappa shape index (κ1) is 12.7. The summed E-state index contributed by atoms with van der Waals surface area (Å²) in [7, 11) is 0. The fraction of sp³-hybridized carbons (Fsp3) is 0.929. The Hall–Kier alpha value is -0.730. The van der Waals surface area contributed by atoms with Crippen molar-refractivity contribution in [2.75, 3.05) is 13.1 Å². The quantitative estimate of drug-likeness (QED) is 0.646. The van der Waals surface area contributed by atoms with Crippen molar-refractivity contribution in [3.8, 4) is 0 Å². The van der Waals surface area contributed by atoms with Gasteiger partial charge in [0, 0.05) is 13.1 Å². The Kier molecular flexibility index (Phi) is 3.37. The van der Waals surface area contributed by atoms with Crippen LogP contribution in [-0.2, 0) is 4.74 Å². The van der Waals surface area contributed by atoms with Crippen molar-refractivity contribution in [3.63, 3.8) is 0 Å². The molecule has 0 N–H and O–H groups in total. The van der Waals surface area contributed by atoms with Gasteiger partial charge >= 0.3 is 6.09 Å². The van der Waals surface area contributed by atoms with Gasteiger partial charge in [-0.2, -0.15) is 0 Å². The molecule has 17 heavy (non-hydrogen) atoms. The summed E-state index contributed by atoms with van der Waals surface area (Å²) >= 11 is 0. The van der Waals surface area contributed by atoms with E-state index in [2.05, 4.69) is 0 Å². The predicted molar refractivity (Wildman–Crippen MR) is 67.9 cm³/mol. The Morgan fingerprint density at radius 1 is 1.12 bits per heavy atom. The van der Waals surface area contributed by atoms with Crippen LogP contribution in [0.15, 0.2) is 0 Å². The van der Waals surface area contributed by atoms with Crippen LogP contribution in [-0.4, -0.2) is 29.7 Å². The van der Waals surface area contributed by atoms with Crippen LogP contribution in [0.3, 0.4) is 0 Å². The second-order valence-electron chi connectivity index (χ2n) is 6.71. The van der Waals surface area contributed by atoms with Gasteiger partial charge in [0.05, 0.1) is 0 Å². The smallest absolute Gasteiger partial charge is 0.410 e. The summed E-state index contributed by atoms with van der Waals surface area (Å²) in [6.45, 7) is 7.59. The number of nitrogens with zero attached hydrogens (tertiary/aromatic N) is 1. The number of rotatable bonds is 0. The van der Waals surface area contributed by atoms with E-state index in [4.69, 9.17) is 4.74 Å². The van der Waals surface area contributed by atoms with Crippen molar-refractivity contribution in [2.45, 2.75) is 64.9 Å². The van der Waals surface area contributed by atoms with Gasteiger partial charge in [0.2, 0.25) is 0 Å². The minimum absolute atomic E-state index is 0.120. The number of hydrogen-bond donors (Lipinski definition) is 0. The zero-order chi connectivity index (χ0) is 12.5. The topological polar surface area (TPSA) is 29.5 Å². The van der Waals surface area contributed by atoms with Gasteiger partial charge in [0.25, 0.3) is 0 Å². The number of carbonyl (C=O) groups excluding carboxylic acids is 1. The lowest BCUT2D eigenvalue weighted by molar-refractivity contribution is 0.00782. The maximum absolute atomic E-state index is 12.1. The van der Waals surface area contributed by atoms with Crippen molar-refractivity contribution < 1.29 is 9.53 Å². The van der Waals surface area contributed by atoms with Crippen LogP contribution in [0.5, 0.6) is 0 Å². The third-order valence-corrected chi connectivity index (χ3v) is 3.98. The first-order chi connectivity index (χ1) is 7.90. The highest BCUT2D eigenvalue weighted by Crippen LogP contribution is 2.47. The van der Waals surface area contributed by atoms with Gasteiger partial charge in [-0.25, -0.2) is 4.79 Å². The Labute approximate surface area is 105 Å². The summed E-state index contributed by atoms with van der Waals surface area (Å²) in [5, 5.41) is 0. The molecule has 1 spiro atoms. The van der Waals surface area contributed by atoms with Crippen molar-refractivity contribution in [1.82, 2.24) is 4.90 Å². The molecule has 2 aliphatic rings. The van der Waals surface area contributed by atoms with Crippen molar-refractivity contribution in [3.05, 3.63) is 0 Å². The molecule has 1 heterocycles. The van der Waals surface area contributed by atoms with Gasteiger partial charge < -0.3 is 9.64 Å². The fourth-order valence-electron chi connectivity index (χ4n) is 2.93. The largest absolute Gasteiger partial charge is 0.444 e. The van der Waals surface area contributed by atoms with Crippen molar-refractivity contribution >= 4 is 6.09 Å². The van der Waals surface area contributed by atoms with Crippen LogP contribution in [0.1, 0.15) is 59.3 Å². The van der Waals surface area contributed by atoms with Gasteiger partial charge in [0.15, 0.2) is 0 Å². The molecule has 0 radical (unpaired) electrons. The maximum Gasteiger partial charge on any atom is 0.410 e. The standard InChI is InChI=1S/C14H25NO2/c1-13(2,3)17-12(16)15-10-5-4-7-14(11-15)8-6-9-14/h4-11H2,1-3H3. The lowest BCUT2D eigenvalue weighted by atomic mass is 9.66. The second kappa shape index (κ2) is 4.51. The maximum atomic E-state index is 12.1. The van der Waals surface area contributed by atoms with E-state index >= 15 is 0 Å². The summed E-state index contributed by atoms with van der Waals surface area (Å²) in [5.74, 6) is 0. The van der Waals surface area contributed by atoms with E-state index in [0.29, 0.717) is 5.41 Å². The zero-order valence-electron chi connectivity index (χ0n) is 11.4. The second-order valence-corrected chi connectivity index (χ2v) is 6.71. The summed E-state index contributed by atoms with van der Waals surface area (Å²) in [6.07, 6.45) is 7.50. The fourth-order valence-corrected chi connectivity index (χ4v) is 2.93. The minimum atomic E-state index is -0.379. The molecule has 0 unspecified atom stereocenters. The van der Waals surface area contributed by atoms with E-state index in [1.807, 2.05) is 25.7 Å². The number of amides is 1. The van der Waals surface area contributed by atoms with Crippen LogP contribution in [0.4, 0.5) is 4.79 Å². The lowest BCUT2D eigenvalue weighted by Gasteiger charge is -2.43. The van der Waals surface area contributed by atoms with Crippen molar-refractivity contribution in [2.24, 2.45) is 5.41 Å². The van der Waals surface area contributed by atoms with Gasteiger partial charge in [-0.1, -0.05) is 12.8 Å². The van der Waals surface area contributed by atoms with Gasteiger partial charge in [-0.05, 0) is 51.9 Å². The van der Waals surface area contributed by atoms with Crippen LogP contribution < -0.4 is 0 Å². The van der Waals surface area contributed by atoms with E-state index in [1.54, 1.807) is 0 Å². The molecule has 3 heteroatoms. The molecule has 2 rings (SSSR count). The summed E-state index contributed by atoms with van der Waals surface area (Å²) in [4.78, 5) is 14.0. The lowest BCUT2D eigenvalue weighted by Crippen LogP contribution is -2.45. The van der Waals surface area contributed by atoms with Crippen LogP contribution in [0.25, 0.3) is 0 Å². The minimum Gasteiger partial charge on any atom is -0.444 e. The molecule has 0 aromatic heterocycles. The molecule has 2 fully saturated rings. The molecular weight excluding hydrogens is 214 g/mol. The Morgan fingerprint density at radius 3 is 2.29 bits per heavy atom. The molecule has 0 atom stereocenters. The molecule has 0 bridgehead atoms. The number of ether oxygens (including phenoxy) is 1. The molecule has 3 nitrogen and oxygen atoms in total. The third kappa shape index (κ3) is 3.14. The molecule has 98 valence electrons. The Balaban J connectivity index is 1.97. The zero-order valence-corrected chi connectivity index (χ0v) is 11.4. The van der Waals surface area contributed by atoms with Gasteiger partial charge in [-0.15, -0.1) is 0 Å². The Bertz CT molecular complexity index is 289. The molecule has 1 saturated heterocycles. The van der Waals surface area contributed by atoms with Crippen LogP contribution in [0.2, 0.25) is 0 Å². The molecule has 1 saturated carbocycles. The first-order valence-electron chi connectivity index (χ1n) is 6.88. The predicted octanol–water partition coefficient (Wildman–Crippen LogP) is 3.58. The number of carbonyl (C=O) groups is 1. The first-order valence-corrected chi connectivity index (χ1v) is 6.88. The monoisotopic (exact) mass is 239 g/mol. The molecule has 1 aliphatic heterocycles. The molecular formula is C14H25NO2. The average molecular weight is 239 g/mol. The summed E-state index contributed by atoms with van der Waals surface area (Å²) in [5.41, 5.74) is 0.0591. The van der Waals surface area contributed by atoms with Gasteiger partial charge in [0.1, 0.15) is 5.60 Å². The van der Waals surface area contributed by atoms with E-state index in [1.165, 1.54) is 32.1 Å². The molecule has 1 amide bonds.